The molecule has 0 radical (unpaired) electrons. The zero-order valence-corrected chi connectivity index (χ0v) is 85.2. The van der Waals surface area contributed by atoms with Crippen molar-refractivity contribution in [1.82, 2.24) is 19.9 Å². The Balaban J connectivity index is 0.000000169. The maximum Gasteiger partial charge on any atom is 0.301 e. The van der Waals surface area contributed by atoms with Crippen LogP contribution < -0.4 is 38.5 Å². The number of aliphatic carboxylic acids is 1. The molecule has 8 heterocycles. The number of hydrogen-bond acceptors (Lipinski definition) is 21. The van der Waals surface area contributed by atoms with Gasteiger partial charge in [0.05, 0.1) is 72.9 Å². The summed E-state index contributed by atoms with van der Waals surface area (Å²) in [6.07, 6.45) is 6.30. The summed E-state index contributed by atoms with van der Waals surface area (Å²) in [7, 11) is 0. The van der Waals surface area contributed by atoms with Crippen LogP contribution in [0.3, 0.4) is 0 Å². The van der Waals surface area contributed by atoms with Crippen LogP contribution in [-0.2, 0) is 64.8 Å². The fraction of sp³-hybridized carbons (Fsp3) is 0.280. The third kappa shape index (κ3) is 23.6. The first-order valence-electron chi connectivity index (χ1n) is 47.7. The number of rotatable bonds is 20. The first-order chi connectivity index (χ1) is 68.2. The number of aryl methyl sites for hydroxylation is 4. The molecule has 26 heteroatoms. The van der Waals surface area contributed by atoms with Gasteiger partial charge in [-0.15, -0.1) is 0 Å². The number of ether oxygens (including phenoxy) is 4. The number of carboxylic acids is 1. The highest BCUT2D eigenvalue weighted by Gasteiger charge is 2.52. The maximum absolute atomic E-state index is 13.3. The van der Waals surface area contributed by atoms with Crippen LogP contribution >= 0.6 is 0 Å². The molecule has 0 spiro atoms. The predicted molar refractivity (Wildman–Crippen MR) is 559 cm³/mol. The number of amides is 4. The van der Waals surface area contributed by atoms with Crippen molar-refractivity contribution in [3.05, 3.63) is 379 Å². The average molecular weight is 1940 g/mol. The van der Waals surface area contributed by atoms with Gasteiger partial charge in [0.15, 0.2) is 0 Å². The first-order valence-corrected chi connectivity index (χ1v) is 47.7. The molecule has 26 nitrogen and oxygen atoms in total. The van der Waals surface area contributed by atoms with E-state index in [2.05, 4.69) is 103 Å². The number of aliphatic hydroxyl groups is 4. The quantitative estimate of drug-likeness (QED) is 0.0269. The van der Waals surface area contributed by atoms with Gasteiger partial charge in [0.2, 0.25) is 0 Å². The number of carbonyl (C=O) groups excluding carboxylic acids is 8. The lowest BCUT2D eigenvalue weighted by atomic mass is 9.85. The molecule has 4 unspecified atom stereocenters. The molecule has 4 aliphatic heterocycles. The van der Waals surface area contributed by atoms with Gasteiger partial charge >= 0.3 is 23.6 Å². The molecule has 5 N–H and O–H groups in total. The van der Waals surface area contributed by atoms with Gasteiger partial charge in [-0.1, -0.05) is 204 Å². The lowest BCUT2D eigenvalue weighted by Crippen LogP contribution is -2.30. The summed E-state index contributed by atoms with van der Waals surface area (Å²) < 4.78 is 22.2. The highest BCUT2D eigenvalue weighted by atomic mass is 16.5. The van der Waals surface area contributed by atoms with E-state index in [9.17, 15) is 58.8 Å². The lowest BCUT2D eigenvalue weighted by Gasteiger charge is -2.26. The van der Waals surface area contributed by atoms with Crippen LogP contribution in [0.2, 0.25) is 0 Å². The van der Waals surface area contributed by atoms with Gasteiger partial charge in [0.25, 0.3) is 29.1 Å². The summed E-state index contributed by atoms with van der Waals surface area (Å²) in [4.78, 5) is 138. The van der Waals surface area contributed by atoms with Crippen molar-refractivity contribution in [1.29, 1.82) is 0 Å². The Bertz CT molecular complexity index is 6090. The van der Waals surface area contributed by atoms with E-state index in [1.165, 1.54) is 19.6 Å². The van der Waals surface area contributed by atoms with E-state index in [0.29, 0.717) is 117 Å². The van der Waals surface area contributed by atoms with Crippen molar-refractivity contribution in [2.75, 3.05) is 46.0 Å². The molecular weight excluding hydrogens is 1820 g/mol. The molecule has 4 aliphatic rings. The van der Waals surface area contributed by atoms with Crippen LogP contribution in [0.1, 0.15) is 231 Å². The molecule has 12 aromatic rings. The SMILES string of the molecule is CC(=O)O.CCOc1ccc(/C(O)=C2\C(=O)C(=O)N(c3ccccn3)C2c2ccc(C(C)(C)C)cc2)c(C)c1.CCOc1ccc(/C(O)=C2\C(=O)C(=O)N(c3ccccn3)C2c2ccc(C(C)(C)C)cc2)c(C)c1.CCOc1ccc(/C(O)=C2\C(=O)C(=O)N(c3ccccn3)C2c2ccc(C(C)(C)C)cc2)c(C)c1.CCOc1ccc(/C(O)=C2\C(=O)C(=O)N(c3ccccn3)C2c2ccc(C(C)(C)C)cc2)c(C)c1. The van der Waals surface area contributed by atoms with E-state index < -0.39 is 76.9 Å². The van der Waals surface area contributed by atoms with Crippen LogP contribution in [0.4, 0.5) is 23.3 Å². The molecule has 144 heavy (non-hydrogen) atoms. The number of anilines is 4. The summed E-state index contributed by atoms with van der Waals surface area (Å²) in [6.45, 7) is 43.5. The highest BCUT2D eigenvalue weighted by Crippen LogP contribution is 2.49. The molecule has 0 bridgehead atoms. The smallest absolute Gasteiger partial charge is 0.301 e. The molecule has 4 saturated heterocycles. The minimum Gasteiger partial charge on any atom is -0.507 e. The molecule has 744 valence electrons. The second kappa shape index (κ2) is 45.1. The van der Waals surface area contributed by atoms with Gasteiger partial charge in [-0.3, -0.25) is 62.8 Å². The predicted octanol–water partition coefficient (Wildman–Crippen LogP) is 22.9. The van der Waals surface area contributed by atoms with E-state index >= 15 is 0 Å². The molecule has 0 saturated carbocycles. The number of benzene rings is 8. The molecule has 4 aromatic heterocycles. The van der Waals surface area contributed by atoms with E-state index in [0.717, 1.165) is 51.4 Å². The number of aliphatic hydroxyl groups excluding tert-OH is 4. The number of nitrogens with zero attached hydrogens (tertiary/aromatic N) is 8. The van der Waals surface area contributed by atoms with Crippen LogP contribution in [0, 0.1) is 27.7 Å². The van der Waals surface area contributed by atoms with Crippen molar-refractivity contribution in [2.24, 2.45) is 0 Å². The summed E-state index contributed by atoms with van der Waals surface area (Å²) in [5, 5.41) is 53.1. The van der Waals surface area contributed by atoms with Crippen LogP contribution in [0.15, 0.2) is 290 Å². The number of hydrogen-bond donors (Lipinski definition) is 5. The fourth-order valence-corrected chi connectivity index (χ4v) is 17.4. The van der Waals surface area contributed by atoms with E-state index in [1.54, 1.807) is 170 Å². The van der Waals surface area contributed by atoms with E-state index in [4.69, 9.17) is 28.8 Å². The molecule has 16 rings (SSSR count). The minimum atomic E-state index is -0.833. The van der Waals surface area contributed by atoms with Crippen molar-refractivity contribution < 1.29 is 87.6 Å². The Morgan fingerprint density at radius 3 is 0.590 bits per heavy atom. The average Bonchev–Trinajstić information content (AvgIpc) is 1.61. The summed E-state index contributed by atoms with van der Waals surface area (Å²) in [6, 6.07) is 69.8. The lowest BCUT2D eigenvalue weighted by molar-refractivity contribution is -0.134. The van der Waals surface area contributed by atoms with E-state index in [1.807, 2.05) is 152 Å². The Morgan fingerprint density at radius 2 is 0.451 bits per heavy atom. The first kappa shape index (κ1) is 107. The molecule has 0 aliphatic carbocycles. The van der Waals surface area contributed by atoms with Gasteiger partial charge in [0, 0.05) is 54.0 Å². The Kier molecular flexibility index (Phi) is 33.4. The van der Waals surface area contributed by atoms with Gasteiger partial charge in [0.1, 0.15) is 69.3 Å². The zero-order chi connectivity index (χ0) is 105. The summed E-state index contributed by atoms with van der Waals surface area (Å²) in [5.41, 5.74) is 12.1. The Hall–Kier alpha value is -16.3. The minimum absolute atomic E-state index is 0.0384. The number of carboxylic acid groups (broad SMARTS) is 1. The Labute approximate surface area is 840 Å². The van der Waals surface area contributed by atoms with Crippen molar-refractivity contribution in [3.63, 3.8) is 0 Å². The van der Waals surface area contributed by atoms with E-state index in [-0.39, 0.29) is 67.0 Å². The van der Waals surface area contributed by atoms with Crippen molar-refractivity contribution in [3.8, 4) is 23.0 Å². The number of ketones is 4. The zero-order valence-electron chi connectivity index (χ0n) is 85.2. The fourth-order valence-electron chi connectivity index (χ4n) is 17.4. The van der Waals surface area contributed by atoms with Gasteiger partial charge < -0.3 is 44.5 Å². The topological polar surface area (TPSA) is 356 Å². The molecule has 8 aromatic carbocycles. The second-order valence-corrected chi connectivity index (χ2v) is 39.1. The largest absolute Gasteiger partial charge is 0.507 e. The number of pyridine rings is 4. The third-order valence-corrected chi connectivity index (χ3v) is 24.8. The second-order valence-electron chi connectivity index (χ2n) is 39.1. The molecule has 4 atom stereocenters. The maximum atomic E-state index is 13.3. The Morgan fingerprint density at radius 1 is 0.278 bits per heavy atom. The molecule has 4 amide bonds. The summed E-state index contributed by atoms with van der Waals surface area (Å²) in [5.74, 6) is -3.48. The van der Waals surface area contributed by atoms with Crippen LogP contribution in [-0.4, -0.2) is 125 Å². The van der Waals surface area contributed by atoms with Crippen molar-refractivity contribution in [2.45, 2.75) is 191 Å². The molecule has 4 fully saturated rings. The third-order valence-electron chi connectivity index (χ3n) is 24.8. The normalized spacial score (nSPS) is 17.3. The number of Topliss-reactive ketones (excluding diaryl/α,β-unsaturated/α-hetero) is 4. The van der Waals surface area contributed by atoms with Gasteiger partial charge in [-0.05, 0) is 265 Å². The van der Waals surface area contributed by atoms with Crippen LogP contribution in [0.25, 0.3) is 23.0 Å². The molecular formula is C118H124N8O18. The monoisotopic (exact) mass is 1940 g/mol. The van der Waals surface area contributed by atoms with Gasteiger partial charge in [-0.25, -0.2) is 19.9 Å². The highest BCUT2D eigenvalue weighted by molar-refractivity contribution is 6.54. The van der Waals surface area contributed by atoms with Crippen molar-refractivity contribution >= 4 is 99.0 Å². The number of aromatic nitrogens is 4. The number of carbonyl (C=O) groups is 9. The van der Waals surface area contributed by atoms with Crippen LogP contribution in [0.5, 0.6) is 23.0 Å². The standard InChI is InChI=1S/4C29H30N2O4.C2H4O2/c4*1-6-35-21-14-15-22(18(2)17-21)26(32)24-25(19-10-12-20(13-11-19)29(3,4)5)31(28(34)27(24)33)23-9-7-8-16-30-23;1-2(3)4/h4*7-17,25,32H,6H2,1-5H3;1H3,(H,3,4)/b4*26-24+;. The van der Waals surface area contributed by atoms with Gasteiger partial charge in [-0.2, -0.15) is 0 Å². The summed E-state index contributed by atoms with van der Waals surface area (Å²) >= 11 is 0.